The molecular formula is C13H17N3. The molecule has 3 rings (SSSR count). The standard InChI is InChI=1S/C9H12N2.C4H5N/c1-2-8-11(7-1)9-3-5-10-6-4-9;1-2-4-5-3-1/h3-6H,1-2,7-8H2;1-5H. The Hall–Kier alpha value is -1.77. The van der Waals surface area contributed by atoms with E-state index in [4.69, 9.17) is 0 Å². The van der Waals surface area contributed by atoms with Crippen LogP contribution in [0.5, 0.6) is 0 Å². The molecule has 3 nitrogen and oxygen atoms in total. The first kappa shape index (κ1) is 10.7. The summed E-state index contributed by atoms with van der Waals surface area (Å²) >= 11 is 0. The Labute approximate surface area is 96.1 Å². The summed E-state index contributed by atoms with van der Waals surface area (Å²) in [5, 5.41) is 0. The molecule has 0 unspecified atom stereocenters. The van der Waals surface area contributed by atoms with E-state index in [1.807, 2.05) is 36.9 Å². The highest BCUT2D eigenvalue weighted by Gasteiger charge is 2.10. The summed E-state index contributed by atoms with van der Waals surface area (Å²) in [6, 6.07) is 8.04. The lowest BCUT2D eigenvalue weighted by Gasteiger charge is -2.16. The van der Waals surface area contributed by atoms with Crippen LogP contribution in [0.4, 0.5) is 5.69 Å². The summed E-state index contributed by atoms with van der Waals surface area (Å²) in [5.74, 6) is 0. The molecule has 0 radical (unpaired) electrons. The number of pyridine rings is 1. The molecule has 0 saturated carbocycles. The van der Waals surface area contributed by atoms with Crippen LogP contribution >= 0.6 is 0 Å². The molecule has 0 amide bonds. The van der Waals surface area contributed by atoms with Crippen LogP contribution in [0.2, 0.25) is 0 Å². The summed E-state index contributed by atoms with van der Waals surface area (Å²) in [4.78, 5) is 9.26. The Kier molecular flexibility index (Phi) is 4.00. The monoisotopic (exact) mass is 215 g/mol. The zero-order valence-electron chi connectivity index (χ0n) is 9.34. The van der Waals surface area contributed by atoms with Gasteiger partial charge in [-0.3, -0.25) is 4.98 Å². The highest BCUT2D eigenvalue weighted by Crippen LogP contribution is 2.17. The van der Waals surface area contributed by atoms with E-state index in [2.05, 4.69) is 27.0 Å². The molecule has 0 aromatic carbocycles. The van der Waals surface area contributed by atoms with Gasteiger partial charge in [0.05, 0.1) is 0 Å². The molecule has 84 valence electrons. The Balaban J connectivity index is 0.000000162. The van der Waals surface area contributed by atoms with E-state index in [1.54, 1.807) is 0 Å². The van der Waals surface area contributed by atoms with E-state index in [9.17, 15) is 0 Å². The Bertz CT molecular complexity index is 346. The fourth-order valence-electron chi connectivity index (χ4n) is 1.81. The topological polar surface area (TPSA) is 31.9 Å². The van der Waals surface area contributed by atoms with E-state index in [1.165, 1.54) is 31.6 Å². The summed E-state index contributed by atoms with van der Waals surface area (Å²) in [7, 11) is 0. The first-order valence-electron chi connectivity index (χ1n) is 5.69. The van der Waals surface area contributed by atoms with Crippen LogP contribution in [0.25, 0.3) is 0 Å². The molecule has 0 atom stereocenters. The van der Waals surface area contributed by atoms with Gasteiger partial charge >= 0.3 is 0 Å². The van der Waals surface area contributed by atoms with Crippen LogP contribution in [-0.4, -0.2) is 23.1 Å². The quantitative estimate of drug-likeness (QED) is 0.793. The van der Waals surface area contributed by atoms with Gasteiger partial charge in [0.2, 0.25) is 0 Å². The number of hydrogen-bond acceptors (Lipinski definition) is 2. The van der Waals surface area contributed by atoms with Crippen LogP contribution in [-0.2, 0) is 0 Å². The van der Waals surface area contributed by atoms with Crippen molar-refractivity contribution in [2.24, 2.45) is 0 Å². The lowest BCUT2D eigenvalue weighted by atomic mass is 10.4. The Morgan fingerprint density at radius 1 is 1.00 bits per heavy atom. The minimum Gasteiger partial charge on any atom is -0.371 e. The molecule has 0 aliphatic carbocycles. The molecular weight excluding hydrogens is 198 g/mol. The normalized spacial score (nSPS) is 14.4. The largest absolute Gasteiger partial charge is 0.371 e. The fourth-order valence-corrected chi connectivity index (χ4v) is 1.81. The number of anilines is 1. The second kappa shape index (κ2) is 5.95. The Morgan fingerprint density at radius 3 is 2.12 bits per heavy atom. The lowest BCUT2D eigenvalue weighted by Crippen LogP contribution is -2.17. The van der Waals surface area contributed by atoms with Gasteiger partial charge in [-0.1, -0.05) is 0 Å². The van der Waals surface area contributed by atoms with Crippen molar-refractivity contribution in [1.29, 1.82) is 0 Å². The second-order valence-corrected chi connectivity index (χ2v) is 3.78. The summed E-state index contributed by atoms with van der Waals surface area (Å²) in [6.07, 6.45) is 10.1. The molecule has 1 aliphatic rings. The van der Waals surface area contributed by atoms with E-state index < -0.39 is 0 Å². The maximum absolute atomic E-state index is 3.99. The SMILES string of the molecule is c1cc(N2CCCC2)ccn1.c1cc[nH]c1. The van der Waals surface area contributed by atoms with Crippen molar-refractivity contribution in [3.05, 3.63) is 49.1 Å². The number of aromatic nitrogens is 2. The van der Waals surface area contributed by atoms with Crippen LogP contribution in [0.1, 0.15) is 12.8 Å². The molecule has 2 aromatic rings. The first-order valence-corrected chi connectivity index (χ1v) is 5.69. The lowest BCUT2D eigenvalue weighted by molar-refractivity contribution is 0.949. The molecule has 1 fully saturated rings. The van der Waals surface area contributed by atoms with Crippen LogP contribution in [0.15, 0.2) is 49.1 Å². The summed E-state index contributed by atoms with van der Waals surface area (Å²) < 4.78 is 0. The van der Waals surface area contributed by atoms with E-state index >= 15 is 0 Å². The third kappa shape index (κ3) is 3.12. The summed E-state index contributed by atoms with van der Waals surface area (Å²) in [6.45, 7) is 2.42. The third-order valence-corrected chi connectivity index (χ3v) is 2.63. The van der Waals surface area contributed by atoms with Crippen molar-refractivity contribution in [1.82, 2.24) is 9.97 Å². The Morgan fingerprint density at radius 2 is 1.62 bits per heavy atom. The van der Waals surface area contributed by atoms with Gasteiger partial charge in [0.1, 0.15) is 0 Å². The molecule has 0 bridgehead atoms. The van der Waals surface area contributed by atoms with Gasteiger partial charge in [-0.25, -0.2) is 0 Å². The molecule has 2 aromatic heterocycles. The highest BCUT2D eigenvalue weighted by molar-refractivity contribution is 5.45. The molecule has 1 saturated heterocycles. The van der Waals surface area contributed by atoms with Crippen molar-refractivity contribution >= 4 is 5.69 Å². The van der Waals surface area contributed by atoms with E-state index in [0.717, 1.165) is 0 Å². The molecule has 1 aliphatic heterocycles. The van der Waals surface area contributed by atoms with Crippen LogP contribution < -0.4 is 4.90 Å². The predicted octanol–water partition coefficient (Wildman–Crippen LogP) is 2.70. The second-order valence-electron chi connectivity index (χ2n) is 3.78. The summed E-state index contributed by atoms with van der Waals surface area (Å²) in [5.41, 5.74) is 1.32. The number of rotatable bonds is 1. The van der Waals surface area contributed by atoms with Crippen molar-refractivity contribution in [2.45, 2.75) is 12.8 Å². The van der Waals surface area contributed by atoms with Crippen LogP contribution in [0, 0.1) is 0 Å². The van der Waals surface area contributed by atoms with Gasteiger partial charge in [0.15, 0.2) is 0 Å². The van der Waals surface area contributed by atoms with Crippen molar-refractivity contribution in [3.63, 3.8) is 0 Å². The molecule has 16 heavy (non-hydrogen) atoms. The van der Waals surface area contributed by atoms with Crippen molar-refractivity contribution < 1.29 is 0 Å². The molecule has 3 heteroatoms. The smallest absolute Gasteiger partial charge is 0.0397 e. The fraction of sp³-hybridized carbons (Fsp3) is 0.308. The average Bonchev–Trinajstić information content (AvgIpc) is 3.07. The molecule has 3 heterocycles. The number of H-pyrrole nitrogens is 1. The van der Waals surface area contributed by atoms with Gasteiger partial charge in [-0.2, -0.15) is 0 Å². The maximum atomic E-state index is 3.99. The number of nitrogens with one attached hydrogen (secondary N) is 1. The minimum absolute atomic E-state index is 1.21. The van der Waals surface area contributed by atoms with E-state index in [-0.39, 0.29) is 0 Å². The van der Waals surface area contributed by atoms with Crippen molar-refractivity contribution in [3.8, 4) is 0 Å². The zero-order chi connectivity index (χ0) is 11.1. The van der Waals surface area contributed by atoms with Gasteiger partial charge < -0.3 is 9.88 Å². The van der Waals surface area contributed by atoms with Crippen molar-refractivity contribution in [2.75, 3.05) is 18.0 Å². The predicted molar refractivity (Wildman–Crippen MR) is 66.5 cm³/mol. The van der Waals surface area contributed by atoms with E-state index in [0.29, 0.717) is 0 Å². The van der Waals surface area contributed by atoms with Gasteiger partial charge in [-0.05, 0) is 37.1 Å². The zero-order valence-corrected chi connectivity index (χ0v) is 9.34. The van der Waals surface area contributed by atoms with Gasteiger partial charge in [0.25, 0.3) is 0 Å². The number of nitrogens with zero attached hydrogens (tertiary/aromatic N) is 2. The maximum Gasteiger partial charge on any atom is 0.0397 e. The number of aromatic amines is 1. The van der Waals surface area contributed by atoms with Gasteiger partial charge in [0, 0.05) is 43.6 Å². The molecule has 1 N–H and O–H groups in total. The number of hydrogen-bond donors (Lipinski definition) is 1. The minimum atomic E-state index is 1.21. The first-order chi connectivity index (χ1) is 7.97. The van der Waals surface area contributed by atoms with Crippen LogP contribution in [0.3, 0.4) is 0 Å². The highest BCUT2D eigenvalue weighted by atomic mass is 15.1. The average molecular weight is 215 g/mol. The molecule has 0 spiro atoms. The third-order valence-electron chi connectivity index (χ3n) is 2.63. The van der Waals surface area contributed by atoms with Gasteiger partial charge in [-0.15, -0.1) is 0 Å².